The van der Waals surface area contributed by atoms with Gasteiger partial charge in [-0.2, -0.15) is 18.2 Å². The van der Waals surface area contributed by atoms with Crippen LogP contribution in [0.25, 0.3) is 0 Å². The molecule has 1 unspecified atom stereocenters. The van der Waals surface area contributed by atoms with Crippen LogP contribution in [0.15, 0.2) is 6.07 Å². The van der Waals surface area contributed by atoms with Crippen molar-refractivity contribution >= 4 is 5.82 Å². The molecule has 108 valence electrons. The number of aromatic nitrogens is 2. The standard InChI is InChI=1S/C11H17F3N4O/c1-6(11(12,13)14)19-8-5-7(18-15)16-9(17-8)10(2,3)4/h5-6H,15H2,1-4H3,(H,16,17,18). The lowest BCUT2D eigenvalue weighted by Gasteiger charge is -2.21. The normalized spacial score (nSPS) is 14.1. The molecule has 0 aromatic carbocycles. The van der Waals surface area contributed by atoms with Gasteiger partial charge in [0.05, 0.1) is 0 Å². The second-order valence-corrected chi connectivity index (χ2v) is 5.11. The number of alkyl halides is 3. The number of nitrogens with zero attached hydrogens (tertiary/aromatic N) is 2. The number of hydrogen-bond donors (Lipinski definition) is 2. The minimum absolute atomic E-state index is 0.169. The van der Waals surface area contributed by atoms with Crippen LogP contribution in [0.5, 0.6) is 5.88 Å². The van der Waals surface area contributed by atoms with E-state index < -0.39 is 17.7 Å². The fourth-order valence-electron chi connectivity index (χ4n) is 1.14. The first-order chi connectivity index (χ1) is 8.54. The molecule has 0 saturated carbocycles. The van der Waals surface area contributed by atoms with Gasteiger partial charge in [0, 0.05) is 11.5 Å². The summed E-state index contributed by atoms with van der Waals surface area (Å²) in [6.07, 6.45) is -6.41. The second-order valence-electron chi connectivity index (χ2n) is 5.11. The molecule has 0 radical (unpaired) electrons. The van der Waals surface area contributed by atoms with Gasteiger partial charge >= 0.3 is 6.18 Å². The molecule has 1 heterocycles. The van der Waals surface area contributed by atoms with Crippen molar-refractivity contribution in [1.29, 1.82) is 0 Å². The van der Waals surface area contributed by atoms with Crippen molar-refractivity contribution in [2.24, 2.45) is 5.84 Å². The van der Waals surface area contributed by atoms with Crippen LogP contribution in [0.4, 0.5) is 19.0 Å². The van der Waals surface area contributed by atoms with Gasteiger partial charge in [-0.05, 0) is 6.92 Å². The summed E-state index contributed by atoms with van der Waals surface area (Å²) < 4.78 is 42.1. The van der Waals surface area contributed by atoms with Crippen molar-refractivity contribution in [2.75, 3.05) is 5.43 Å². The first-order valence-electron chi connectivity index (χ1n) is 5.63. The monoisotopic (exact) mass is 278 g/mol. The van der Waals surface area contributed by atoms with Gasteiger partial charge in [-0.3, -0.25) is 0 Å². The molecule has 1 atom stereocenters. The molecule has 1 rings (SSSR count). The van der Waals surface area contributed by atoms with Gasteiger partial charge in [-0.25, -0.2) is 10.8 Å². The molecule has 0 aliphatic rings. The Balaban J connectivity index is 3.08. The van der Waals surface area contributed by atoms with Crippen LogP contribution in [0.2, 0.25) is 0 Å². The summed E-state index contributed by atoms with van der Waals surface area (Å²) in [6, 6.07) is 1.22. The van der Waals surface area contributed by atoms with Crippen LogP contribution in [-0.2, 0) is 5.41 Å². The van der Waals surface area contributed by atoms with Gasteiger partial charge in [0.15, 0.2) is 6.10 Å². The van der Waals surface area contributed by atoms with E-state index in [0.29, 0.717) is 5.82 Å². The van der Waals surface area contributed by atoms with Crippen molar-refractivity contribution in [3.05, 3.63) is 11.9 Å². The summed E-state index contributed by atoms with van der Waals surface area (Å²) >= 11 is 0. The number of hydrazine groups is 1. The lowest BCUT2D eigenvalue weighted by Crippen LogP contribution is -2.32. The van der Waals surface area contributed by atoms with Crippen molar-refractivity contribution < 1.29 is 17.9 Å². The molecule has 8 heteroatoms. The SMILES string of the molecule is CC(Oc1cc(NN)nc(C(C)(C)C)n1)C(F)(F)F. The van der Waals surface area contributed by atoms with Crippen LogP contribution in [-0.4, -0.2) is 22.2 Å². The van der Waals surface area contributed by atoms with E-state index in [1.54, 1.807) is 0 Å². The Kier molecular flexibility index (Phi) is 4.24. The Bertz CT molecular complexity index is 443. The number of rotatable bonds is 3. The molecule has 1 aromatic rings. The first kappa shape index (κ1) is 15.5. The van der Waals surface area contributed by atoms with Crippen molar-refractivity contribution in [2.45, 2.75) is 45.4 Å². The average molecular weight is 278 g/mol. The van der Waals surface area contributed by atoms with Crippen LogP contribution in [0, 0.1) is 0 Å². The molecule has 0 fully saturated rings. The van der Waals surface area contributed by atoms with E-state index in [9.17, 15) is 13.2 Å². The highest BCUT2D eigenvalue weighted by Crippen LogP contribution is 2.27. The van der Waals surface area contributed by atoms with E-state index >= 15 is 0 Å². The molecule has 3 N–H and O–H groups in total. The third-order valence-electron chi connectivity index (χ3n) is 2.28. The van der Waals surface area contributed by atoms with Gasteiger partial charge < -0.3 is 10.2 Å². The molecular formula is C11H17F3N4O. The summed E-state index contributed by atoms with van der Waals surface area (Å²) in [7, 11) is 0. The summed E-state index contributed by atoms with van der Waals surface area (Å²) in [6.45, 7) is 6.41. The summed E-state index contributed by atoms with van der Waals surface area (Å²) in [4.78, 5) is 8.06. The fourth-order valence-corrected chi connectivity index (χ4v) is 1.14. The number of nitrogen functional groups attached to an aromatic ring is 1. The molecule has 0 aliphatic carbocycles. The third kappa shape index (κ3) is 4.23. The van der Waals surface area contributed by atoms with E-state index in [1.165, 1.54) is 6.07 Å². The zero-order chi connectivity index (χ0) is 14.8. The quantitative estimate of drug-likeness (QED) is 0.656. The molecule has 19 heavy (non-hydrogen) atoms. The third-order valence-corrected chi connectivity index (χ3v) is 2.28. The number of nitrogens with two attached hydrogens (primary N) is 1. The Hall–Kier alpha value is -1.57. The maximum atomic E-state index is 12.4. The molecule has 0 bridgehead atoms. The van der Waals surface area contributed by atoms with Gasteiger partial charge in [-0.1, -0.05) is 20.8 Å². The summed E-state index contributed by atoms with van der Waals surface area (Å²) in [5, 5.41) is 0. The van der Waals surface area contributed by atoms with E-state index in [1.807, 2.05) is 20.8 Å². The number of halogens is 3. The molecular weight excluding hydrogens is 261 g/mol. The smallest absolute Gasteiger partial charge is 0.425 e. The molecule has 0 spiro atoms. The Morgan fingerprint density at radius 1 is 1.26 bits per heavy atom. The highest BCUT2D eigenvalue weighted by molar-refractivity contribution is 5.38. The average Bonchev–Trinajstić information content (AvgIpc) is 2.26. The predicted octanol–water partition coefficient (Wildman–Crippen LogP) is 2.39. The predicted molar refractivity (Wildman–Crippen MR) is 64.7 cm³/mol. The first-order valence-corrected chi connectivity index (χ1v) is 5.63. The van der Waals surface area contributed by atoms with Gasteiger partial charge in [0.25, 0.3) is 0 Å². The molecule has 5 nitrogen and oxygen atoms in total. The van der Waals surface area contributed by atoms with Crippen LogP contribution in [0.1, 0.15) is 33.5 Å². The van der Waals surface area contributed by atoms with Crippen LogP contribution in [0.3, 0.4) is 0 Å². The summed E-state index contributed by atoms with van der Waals surface area (Å²) in [5.41, 5.74) is 1.84. The minimum atomic E-state index is -4.46. The number of anilines is 1. The summed E-state index contributed by atoms with van der Waals surface area (Å²) in [5.74, 6) is 5.60. The van der Waals surface area contributed by atoms with Gasteiger partial charge in [-0.15, -0.1) is 0 Å². The maximum Gasteiger partial charge on any atom is 0.425 e. The second kappa shape index (κ2) is 5.20. The van der Waals surface area contributed by atoms with Crippen LogP contribution >= 0.6 is 0 Å². The molecule has 1 aromatic heterocycles. The Morgan fingerprint density at radius 2 is 1.84 bits per heavy atom. The van der Waals surface area contributed by atoms with Crippen molar-refractivity contribution in [3.8, 4) is 5.88 Å². The van der Waals surface area contributed by atoms with E-state index in [4.69, 9.17) is 10.6 Å². The van der Waals surface area contributed by atoms with E-state index in [0.717, 1.165) is 6.92 Å². The number of hydrogen-bond acceptors (Lipinski definition) is 5. The fraction of sp³-hybridized carbons (Fsp3) is 0.636. The van der Waals surface area contributed by atoms with Crippen molar-refractivity contribution in [1.82, 2.24) is 9.97 Å². The lowest BCUT2D eigenvalue weighted by atomic mass is 9.96. The largest absolute Gasteiger partial charge is 0.465 e. The molecule has 0 amide bonds. The highest BCUT2D eigenvalue weighted by Gasteiger charge is 2.38. The molecule has 0 aliphatic heterocycles. The number of nitrogens with one attached hydrogen (secondary N) is 1. The Morgan fingerprint density at radius 3 is 2.26 bits per heavy atom. The zero-order valence-electron chi connectivity index (χ0n) is 11.2. The van der Waals surface area contributed by atoms with Crippen LogP contribution < -0.4 is 16.0 Å². The maximum absolute atomic E-state index is 12.4. The van der Waals surface area contributed by atoms with Gasteiger partial charge in [0.1, 0.15) is 11.6 Å². The minimum Gasteiger partial charge on any atom is -0.465 e. The van der Waals surface area contributed by atoms with E-state index in [-0.39, 0.29) is 11.7 Å². The lowest BCUT2D eigenvalue weighted by molar-refractivity contribution is -0.190. The highest BCUT2D eigenvalue weighted by atomic mass is 19.4. The topological polar surface area (TPSA) is 73.1 Å². The number of ether oxygens (including phenoxy) is 1. The molecule has 0 saturated heterocycles. The van der Waals surface area contributed by atoms with Crippen molar-refractivity contribution in [3.63, 3.8) is 0 Å². The zero-order valence-corrected chi connectivity index (χ0v) is 11.2. The van der Waals surface area contributed by atoms with E-state index in [2.05, 4.69) is 15.4 Å². The van der Waals surface area contributed by atoms with Gasteiger partial charge in [0.2, 0.25) is 5.88 Å². The Labute approximate surface area is 109 Å².